The molecule has 0 bridgehead atoms. The van der Waals surface area contributed by atoms with E-state index in [0.717, 1.165) is 35.1 Å². The molecule has 2 N–H and O–H groups in total. The van der Waals surface area contributed by atoms with Gasteiger partial charge in [-0.15, -0.1) is 0 Å². The fraction of sp³-hybridized carbons (Fsp3) is 0.444. The topological polar surface area (TPSA) is 105 Å². The van der Waals surface area contributed by atoms with Crippen LogP contribution < -0.4 is 5.32 Å². The second-order valence-corrected chi connectivity index (χ2v) is 8.93. The van der Waals surface area contributed by atoms with Crippen LogP contribution in [0.2, 0.25) is 0 Å². The highest BCUT2D eigenvalue weighted by Crippen LogP contribution is 2.44. The highest BCUT2D eigenvalue weighted by atomic mass is 16.5. The van der Waals surface area contributed by atoms with Gasteiger partial charge in [0.1, 0.15) is 12.6 Å². The molecule has 2 aromatic carbocycles. The number of carbonyl (C=O) groups excluding carboxylic acids is 2. The number of hydrogen-bond donors (Lipinski definition) is 2. The molecule has 1 heterocycles. The molecule has 1 atom stereocenters. The maximum Gasteiger partial charge on any atom is 0.407 e. The van der Waals surface area contributed by atoms with E-state index in [1.165, 1.54) is 0 Å². The van der Waals surface area contributed by atoms with E-state index in [4.69, 9.17) is 14.6 Å². The summed E-state index contributed by atoms with van der Waals surface area (Å²) >= 11 is 0. The van der Waals surface area contributed by atoms with E-state index in [-0.39, 0.29) is 37.4 Å². The summed E-state index contributed by atoms with van der Waals surface area (Å²) in [5.74, 6) is -1.40. The van der Waals surface area contributed by atoms with Crippen LogP contribution in [0.4, 0.5) is 4.79 Å². The number of hydrogen-bond acceptors (Lipinski definition) is 5. The minimum Gasteiger partial charge on any atom is -0.481 e. The number of nitrogens with one attached hydrogen (secondary N) is 1. The molecular formula is C27H32N2O6. The van der Waals surface area contributed by atoms with Crippen molar-refractivity contribution in [1.82, 2.24) is 10.2 Å². The van der Waals surface area contributed by atoms with Crippen LogP contribution >= 0.6 is 0 Å². The molecule has 0 spiro atoms. The van der Waals surface area contributed by atoms with Gasteiger partial charge in [0.15, 0.2) is 0 Å². The van der Waals surface area contributed by atoms with E-state index in [2.05, 4.69) is 17.4 Å². The number of ether oxygens (including phenoxy) is 2. The molecule has 1 saturated heterocycles. The van der Waals surface area contributed by atoms with E-state index in [1.807, 2.05) is 43.3 Å². The largest absolute Gasteiger partial charge is 0.481 e. The summed E-state index contributed by atoms with van der Waals surface area (Å²) in [7, 11) is 0. The number of rotatable bonds is 9. The van der Waals surface area contributed by atoms with Crippen LogP contribution in [0, 0.1) is 0 Å². The van der Waals surface area contributed by atoms with Gasteiger partial charge in [-0.1, -0.05) is 48.5 Å². The molecular weight excluding hydrogens is 448 g/mol. The van der Waals surface area contributed by atoms with Crippen molar-refractivity contribution in [2.24, 2.45) is 0 Å². The second kappa shape index (κ2) is 11.4. The zero-order chi connectivity index (χ0) is 24.8. The van der Waals surface area contributed by atoms with E-state index in [1.54, 1.807) is 4.90 Å². The SMILES string of the molecule is CCOC1CCN(C(=O)C(CCC(=O)O)NC(=O)OCC2c3ccccc3-c3ccccc32)CC1. The minimum absolute atomic E-state index is 0.00372. The molecule has 186 valence electrons. The second-order valence-electron chi connectivity index (χ2n) is 8.93. The first-order valence-electron chi connectivity index (χ1n) is 12.2. The zero-order valence-corrected chi connectivity index (χ0v) is 19.9. The first-order chi connectivity index (χ1) is 17.0. The van der Waals surface area contributed by atoms with Gasteiger partial charge in [0.25, 0.3) is 0 Å². The Morgan fingerprint density at radius 1 is 1.03 bits per heavy atom. The van der Waals surface area contributed by atoms with E-state index in [0.29, 0.717) is 19.7 Å². The lowest BCUT2D eigenvalue weighted by atomic mass is 9.98. The molecule has 1 aliphatic heterocycles. The van der Waals surface area contributed by atoms with Gasteiger partial charge in [-0.3, -0.25) is 9.59 Å². The third-order valence-corrected chi connectivity index (χ3v) is 6.74. The van der Waals surface area contributed by atoms with Crippen molar-refractivity contribution in [3.05, 3.63) is 59.7 Å². The Morgan fingerprint density at radius 3 is 2.20 bits per heavy atom. The predicted molar refractivity (Wildman–Crippen MR) is 130 cm³/mol. The number of benzene rings is 2. The van der Waals surface area contributed by atoms with Crippen LogP contribution in [0.3, 0.4) is 0 Å². The first-order valence-corrected chi connectivity index (χ1v) is 12.2. The number of piperidine rings is 1. The average Bonchev–Trinajstić information content (AvgIpc) is 3.19. The number of aliphatic carboxylic acids is 1. The van der Waals surface area contributed by atoms with Crippen molar-refractivity contribution in [2.45, 2.75) is 50.7 Å². The van der Waals surface area contributed by atoms with Crippen LogP contribution in [0.1, 0.15) is 49.7 Å². The zero-order valence-electron chi connectivity index (χ0n) is 19.9. The van der Waals surface area contributed by atoms with Crippen molar-refractivity contribution in [2.75, 3.05) is 26.3 Å². The smallest absolute Gasteiger partial charge is 0.407 e. The summed E-state index contributed by atoms with van der Waals surface area (Å²) < 4.78 is 11.2. The molecule has 8 heteroatoms. The Morgan fingerprint density at radius 2 is 1.63 bits per heavy atom. The highest BCUT2D eigenvalue weighted by molar-refractivity contribution is 5.86. The monoisotopic (exact) mass is 480 g/mol. The molecule has 8 nitrogen and oxygen atoms in total. The van der Waals surface area contributed by atoms with Gasteiger partial charge < -0.3 is 24.8 Å². The van der Waals surface area contributed by atoms with Crippen molar-refractivity contribution in [1.29, 1.82) is 0 Å². The van der Waals surface area contributed by atoms with Crippen molar-refractivity contribution in [3.8, 4) is 11.1 Å². The molecule has 1 unspecified atom stereocenters. The maximum atomic E-state index is 13.1. The number of fused-ring (bicyclic) bond motifs is 3. The Balaban J connectivity index is 1.39. The van der Waals surface area contributed by atoms with Crippen LogP contribution in [0.25, 0.3) is 11.1 Å². The van der Waals surface area contributed by atoms with Gasteiger partial charge in [-0.05, 0) is 48.4 Å². The Hall–Kier alpha value is -3.39. The van der Waals surface area contributed by atoms with Crippen LogP contribution in [-0.2, 0) is 19.1 Å². The van der Waals surface area contributed by atoms with Gasteiger partial charge in [-0.2, -0.15) is 0 Å². The molecule has 35 heavy (non-hydrogen) atoms. The van der Waals surface area contributed by atoms with Crippen LogP contribution in [0.15, 0.2) is 48.5 Å². The van der Waals surface area contributed by atoms with Gasteiger partial charge in [-0.25, -0.2) is 4.79 Å². The molecule has 0 aromatic heterocycles. The molecule has 0 radical (unpaired) electrons. The fourth-order valence-corrected chi connectivity index (χ4v) is 5.01. The standard InChI is InChI=1S/C27H32N2O6/c1-2-34-18-13-15-29(16-14-18)26(32)24(11-12-25(30)31)28-27(33)35-17-23-21-9-5-3-7-19(21)20-8-4-6-10-22(20)23/h3-10,18,23-24H,2,11-17H2,1H3,(H,28,33)(H,30,31). The normalized spacial score (nSPS) is 16.3. The van der Waals surface area contributed by atoms with Crippen LogP contribution in [-0.4, -0.2) is 66.4 Å². The minimum atomic E-state index is -1.02. The van der Waals surface area contributed by atoms with Crippen molar-refractivity contribution >= 4 is 18.0 Å². The molecule has 2 aromatic rings. The number of carboxylic acid groups (broad SMARTS) is 1. The number of carboxylic acids is 1. The maximum absolute atomic E-state index is 13.1. The number of amides is 2. The predicted octanol–water partition coefficient (Wildman–Crippen LogP) is 3.79. The molecule has 1 aliphatic carbocycles. The lowest BCUT2D eigenvalue weighted by Crippen LogP contribution is -2.51. The van der Waals surface area contributed by atoms with E-state index < -0.39 is 18.1 Å². The Labute approximate surface area is 205 Å². The first kappa shape index (κ1) is 24.7. The number of nitrogens with zero attached hydrogens (tertiary/aromatic N) is 1. The summed E-state index contributed by atoms with van der Waals surface area (Å²) in [4.78, 5) is 38.7. The Kier molecular flexibility index (Phi) is 8.02. The lowest BCUT2D eigenvalue weighted by Gasteiger charge is -2.34. The number of likely N-dealkylation sites (tertiary alicyclic amines) is 1. The van der Waals surface area contributed by atoms with Gasteiger partial charge in [0.2, 0.25) is 5.91 Å². The van der Waals surface area contributed by atoms with Crippen molar-refractivity contribution in [3.63, 3.8) is 0 Å². The highest BCUT2D eigenvalue weighted by Gasteiger charge is 2.32. The number of carbonyl (C=O) groups is 3. The molecule has 0 saturated carbocycles. The number of alkyl carbamates (subject to hydrolysis) is 1. The third-order valence-electron chi connectivity index (χ3n) is 6.74. The average molecular weight is 481 g/mol. The summed E-state index contributed by atoms with van der Waals surface area (Å²) in [6, 6.07) is 15.1. The lowest BCUT2D eigenvalue weighted by molar-refractivity contribution is -0.138. The summed E-state index contributed by atoms with van der Waals surface area (Å²) in [6.07, 6.45) is 0.613. The van der Waals surface area contributed by atoms with E-state index in [9.17, 15) is 14.4 Å². The van der Waals surface area contributed by atoms with Crippen molar-refractivity contribution < 1.29 is 29.0 Å². The summed E-state index contributed by atoms with van der Waals surface area (Å²) in [6.45, 7) is 3.72. The van der Waals surface area contributed by atoms with Gasteiger partial charge >= 0.3 is 12.1 Å². The molecule has 4 rings (SSSR count). The fourth-order valence-electron chi connectivity index (χ4n) is 5.01. The van der Waals surface area contributed by atoms with Crippen LogP contribution in [0.5, 0.6) is 0 Å². The quantitative estimate of drug-likeness (QED) is 0.566. The van der Waals surface area contributed by atoms with Gasteiger partial charge in [0.05, 0.1) is 6.10 Å². The molecule has 2 amide bonds. The molecule has 2 aliphatic rings. The summed E-state index contributed by atoms with van der Waals surface area (Å²) in [5.41, 5.74) is 4.44. The van der Waals surface area contributed by atoms with Gasteiger partial charge in [0, 0.05) is 32.0 Å². The molecule has 1 fully saturated rings. The summed E-state index contributed by atoms with van der Waals surface area (Å²) in [5, 5.41) is 11.8. The Bertz CT molecular complexity index is 1020. The van der Waals surface area contributed by atoms with E-state index >= 15 is 0 Å². The third kappa shape index (κ3) is 5.82.